The first-order valence-corrected chi connectivity index (χ1v) is 9.38. The summed E-state index contributed by atoms with van der Waals surface area (Å²) in [6, 6.07) is 11.1. The molecular weight excluding hydrogens is 394 g/mol. The number of fused-ring (bicyclic) bond motifs is 1. The van der Waals surface area contributed by atoms with Crippen LogP contribution in [0.4, 0.5) is 5.69 Å². The number of benzene rings is 2. The van der Waals surface area contributed by atoms with E-state index in [4.69, 9.17) is 0 Å². The van der Waals surface area contributed by atoms with Gasteiger partial charge in [0.1, 0.15) is 0 Å². The molecule has 1 amide bonds. The number of hydrogen-bond acceptors (Lipinski definition) is 3. The quantitative estimate of drug-likeness (QED) is 0.756. The van der Waals surface area contributed by atoms with E-state index in [9.17, 15) is 14.7 Å². The first kappa shape index (κ1) is 18.8. The molecule has 1 aliphatic rings. The lowest BCUT2D eigenvalue weighted by Crippen LogP contribution is -2.40. The van der Waals surface area contributed by atoms with Gasteiger partial charge in [-0.15, -0.1) is 0 Å². The van der Waals surface area contributed by atoms with Crippen LogP contribution >= 0.6 is 15.9 Å². The highest BCUT2D eigenvalue weighted by atomic mass is 79.9. The summed E-state index contributed by atoms with van der Waals surface area (Å²) in [6.07, 6.45) is -0.276. The summed E-state index contributed by atoms with van der Waals surface area (Å²) in [7, 11) is 1.61. The summed E-state index contributed by atoms with van der Waals surface area (Å²) in [5.74, 6) is -0.417. The minimum absolute atomic E-state index is 0.234. The van der Waals surface area contributed by atoms with Gasteiger partial charge in [0.2, 0.25) is 0 Å². The van der Waals surface area contributed by atoms with Crippen LogP contribution in [0.3, 0.4) is 0 Å². The Morgan fingerprint density at radius 3 is 2.58 bits per heavy atom. The Bertz CT molecular complexity index is 906. The number of nitrogens with zero attached hydrogens (tertiary/aromatic N) is 1. The number of aliphatic hydroxyl groups is 1. The van der Waals surface area contributed by atoms with Gasteiger partial charge in [-0.3, -0.25) is 9.59 Å². The summed E-state index contributed by atoms with van der Waals surface area (Å²) < 4.78 is 0.753. The normalized spacial score (nSPS) is 19.2. The third kappa shape index (κ3) is 2.99. The van der Waals surface area contributed by atoms with E-state index in [-0.39, 0.29) is 12.2 Å². The largest absolute Gasteiger partial charge is 0.375 e. The molecule has 3 rings (SSSR count). The molecule has 1 N–H and O–H groups in total. The monoisotopic (exact) mass is 415 g/mol. The van der Waals surface area contributed by atoms with Crippen LogP contribution in [0.5, 0.6) is 0 Å². The van der Waals surface area contributed by atoms with Gasteiger partial charge in [-0.25, -0.2) is 0 Å². The highest BCUT2D eigenvalue weighted by Gasteiger charge is 2.49. The number of Topliss-reactive ketones (excluding diaryl/α,β-unsaturated/α-hetero) is 1. The van der Waals surface area contributed by atoms with Gasteiger partial charge in [0.05, 0.1) is 12.1 Å². The average Bonchev–Trinajstić information content (AvgIpc) is 2.76. The summed E-state index contributed by atoms with van der Waals surface area (Å²) in [5.41, 5.74) is 1.71. The number of carbonyl (C=O) groups excluding carboxylic acids is 2. The van der Waals surface area contributed by atoms with Gasteiger partial charge < -0.3 is 10.0 Å². The lowest BCUT2D eigenvalue weighted by molar-refractivity contribution is -0.135. The zero-order valence-electron chi connectivity index (χ0n) is 15.3. The fraction of sp³-hybridized carbons (Fsp3) is 0.333. The van der Waals surface area contributed by atoms with E-state index >= 15 is 0 Å². The second-order valence-electron chi connectivity index (χ2n) is 7.21. The molecule has 0 saturated heterocycles. The van der Waals surface area contributed by atoms with Crippen molar-refractivity contribution in [2.75, 3.05) is 11.9 Å². The smallest absolute Gasteiger partial charge is 0.263 e. The summed E-state index contributed by atoms with van der Waals surface area (Å²) in [4.78, 5) is 27.1. The van der Waals surface area contributed by atoms with Gasteiger partial charge in [0.15, 0.2) is 11.4 Å². The highest BCUT2D eigenvalue weighted by Crippen LogP contribution is 2.43. The van der Waals surface area contributed by atoms with E-state index in [2.05, 4.69) is 29.8 Å². The standard InChI is InChI=1S/C21H22BrNO3/c1-12(2)14-6-5-13(3)16(9-14)19(24)11-21(26)17-10-15(22)7-8-18(17)23(4)20(21)25/h5-10,12,26H,11H2,1-4H3/t21-/m0/s1. The van der Waals surface area contributed by atoms with Crippen LogP contribution in [0, 0.1) is 6.92 Å². The Kier molecular flexibility index (Phi) is 4.80. The zero-order valence-corrected chi connectivity index (χ0v) is 16.9. The molecule has 0 unspecified atom stereocenters. The number of aryl methyl sites for hydroxylation is 1. The maximum atomic E-state index is 13.0. The van der Waals surface area contributed by atoms with Crippen LogP contribution in [0.15, 0.2) is 40.9 Å². The van der Waals surface area contributed by atoms with Crippen LogP contribution in [-0.4, -0.2) is 23.8 Å². The molecule has 0 spiro atoms. The van der Waals surface area contributed by atoms with Gasteiger partial charge in [-0.1, -0.05) is 41.9 Å². The predicted molar refractivity (Wildman–Crippen MR) is 106 cm³/mol. The van der Waals surface area contributed by atoms with Crippen molar-refractivity contribution in [2.45, 2.75) is 38.7 Å². The Morgan fingerprint density at radius 2 is 1.92 bits per heavy atom. The van der Waals surface area contributed by atoms with Gasteiger partial charge >= 0.3 is 0 Å². The Morgan fingerprint density at radius 1 is 1.23 bits per heavy atom. The maximum Gasteiger partial charge on any atom is 0.263 e. The molecule has 5 heteroatoms. The van der Waals surface area contributed by atoms with Crippen molar-refractivity contribution in [1.82, 2.24) is 0 Å². The van der Waals surface area contributed by atoms with E-state index in [0.29, 0.717) is 22.7 Å². The zero-order chi connectivity index (χ0) is 19.2. The van der Waals surface area contributed by atoms with Crippen molar-refractivity contribution in [3.05, 3.63) is 63.1 Å². The molecule has 26 heavy (non-hydrogen) atoms. The number of rotatable bonds is 4. The van der Waals surface area contributed by atoms with Gasteiger partial charge in [-0.05, 0) is 48.2 Å². The van der Waals surface area contributed by atoms with Crippen LogP contribution in [0.1, 0.15) is 53.2 Å². The van der Waals surface area contributed by atoms with Crippen LogP contribution in [-0.2, 0) is 10.4 Å². The number of hydrogen-bond donors (Lipinski definition) is 1. The van der Waals surface area contributed by atoms with Crippen LogP contribution < -0.4 is 4.90 Å². The first-order valence-electron chi connectivity index (χ1n) is 8.59. The molecule has 0 aromatic heterocycles. The molecule has 1 aliphatic heterocycles. The molecule has 2 aromatic carbocycles. The van der Waals surface area contributed by atoms with Crippen molar-refractivity contribution in [2.24, 2.45) is 0 Å². The van der Waals surface area contributed by atoms with E-state index in [1.165, 1.54) is 4.90 Å². The van der Waals surface area contributed by atoms with Gasteiger partial charge in [0.25, 0.3) is 5.91 Å². The Hall–Kier alpha value is -1.98. The topological polar surface area (TPSA) is 57.6 Å². The molecule has 1 heterocycles. The summed E-state index contributed by atoms with van der Waals surface area (Å²) in [5, 5.41) is 11.2. The van der Waals surface area contributed by atoms with E-state index in [1.54, 1.807) is 19.2 Å². The number of anilines is 1. The number of carbonyl (C=O) groups is 2. The number of halogens is 1. The van der Waals surface area contributed by atoms with Crippen LogP contribution in [0.2, 0.25) is 0 Å². The molecule has 0 aliphatic carbocycles. The minimum atomic E-state index is -1.84. The molecular formula is C21H22BrNO3. The van der Waals surface area contributed by atoms with Crippen molar-refractivity contribution in [3.8, 4) is 0 Å². The Labute approximate surface area is 162 Å². The minimum Gasteiger partial charge on any atom is -0.375 e. The molecule has 0 bridgehead atoms. The fourth-order valence-electron chi connectivity index (χ4n) is 3.43. The fourth-order valence-corrected chi connectivity index (χ4v) is 3.79. The molecule has 2 aromatic rings. The van der Waals surface area contributed by atoms with E-state index in [0.717, 1.165) is 15.6 Å². The van der Waals surface area contributed by atoms with Crippen molar-refractivity contribution < 1.29 is 14.7 Å². The third-order valence-corrected chi connectivity index (χ3v) is 5.56. The maximum absolute atomic E-state index is 13.0. The molecule has 0 saturated carbocycles. The average molecular weight is 416 g/mol. The van der Waals surface area contributed by atoms with Crippen molar-refractivity contribution in [1.29, 1.82) is 0 Å². The SMILES string of the molecule is Cc1ccc(C(C)C)cc1C(=O)C[C@@]1(O)C(=O)N(C)c2ccc(Br)cc21. The second-order valence-corrected chi connectivity index (χ2v) is 8.13. The van der Waals surface area contributed by atoms with E-state index in [1.807, 2.05) is 31.2 Å². The Balaban J connectivity index is 2.01. The number of amides is 1. The van der Waals surface area contributed by atoms with Gasteiger partial charge in [0, 0.05) is 22.6 Å². The highest BCUT2D eigenvalue weighted by molar-refractivity contribution is 9.10. The first-order chi connectivity index (χ1) is 12.1. The molecule has 0 radical (unpaired) electrons. The van der Waals surface area contributed by atoms with Crippen molar-refractivity contribution in [3.63, 3.8) is 0 Å². The summed E-state index contributed by atoms with van der Waals surface area (Å²) >= 11 is 3.38. The second kappa shape index (κ2) is 6.63. The predicted octanol–water partition coefficient (Wildman–Crippen LogP) is 4.32. The molecule has 4 nitrogen and oxygen atoms in total. The summed E-state index contributed by atoms with van der Waals surface area (Å²) in [6.45, 7) is 6.00. The molecule has 1 atom stereocenters. The van der Waals surface area contributed by atoms with Crippen molar-refractivity contribution >= 4 is 33.3 Å². The number of likely N-dealkylation sites (N-methyl/N-ethyl adjacent to an activating group) is 1. The molecule has 136 valence electrons. The lowest BCUT2D eigenvalue weighted by atomic mass is 9.86. The van der Waals surface area contributed by atoms with E-state index < -0.39 is 11.5 Å². The number of ketones is 1. The lowest BCUT2D eigenvalue weighted by Gasteiger charge is -2.22. The third-order valence-electron chi connectivity index (χ3n) is 5.07. The van der Waals surface area contributed by atoms with Gasteiger partial charge in [-0.2, -0.15) is 0 Å². The molecule has 0 fully saturated rings. The van der Waals surface area contributed by atoms with Crippen LogP contribution in [0.25, 0.3) is 0 Å².